The molecule has 17 heavy (non-hydrogen) atoms. The molecule has 1 aliphatic heterocycles. The second-order valence-corrected chi connectivity index (χ2v) is 5.34. The summed E-state index contributed by atoms with van der Waals surface area (Å²) in [5.74, 6) is 0.871. The molecule has 0 aliphatic carbocycles. The normalized spacial score (nSPS) is 20.9. The Morgan fingerprint density at radius 3 is 2.88 bits per heavy atom. The third-order valence-corrected chi connectivity index (χ3v) is 3.78. The van der Waals surface area contributed by atoms with E-state index in [1.807, 2.05) is 18.2 Å². The van der Waals surface area contributed by atoms with E-state index in [2.05, 4.69) is 32.9 Å². The van der Waals surface area contributed by atoms with Crippen molar-refractivity contribution < 1.29 is 5.21 Å². The van der Waals surface area contributed by atoms with Crippen molar-refractivity contribution in [1.29, 1.82) is 0 Å². The molecule has 1 aromatic rings. The zero-order valence-corrected chi connectivity index (χ0v) is 11.3. The van der Waals surface area contributed by atoms with Crippen molar-refractivity contribution in [1.82, 2.24) is 0 Å². The lowest BCUT2D eigenvalue weighted by Crippen LogP contribution is -2.20. The molecule has 0 bridgehead atoms. The molecule has 5 heteroatoms. The van der Waals surface area contributed by atoms with Gasteiger partial charge in [-0.25, -0.2) is 0 Å². The summed E-state index contributed by atoms with van der Waals surface area (Å²) in [4.78, 5) is 2.35. The summed E-state index contributed by atoms with van der Waals surface area (Å²) in [7, 11) is 0. The molecule has 4 nitrogen and oxygen atoms in total. The minimum Gasteiger partial charge on any atom is -0.409 e. The largest absolute Gasteiger partial charge is 0.409 e. The maximum atomic E-state index is 8.66. The average Bonchev–Trinajstić information content (AvgIpc) is 2.75. The summed E-state index contributed by atoms with van der Waals surface area (Å²) in [5, 5.41) is 11.7. The van der Waals surface area contributed by atoms with Crippen molar-refractivity contribution in [3.63, 3.8) is 0 Å². The van der Waals surface area contributed by atoms with Crippen LogP contribution in [0, 0.1) is 5.92 Å². The summed E-state index contributed by atoms with van der Waals surface area (Å²) in [6.45, 7) is 4.45. The van der Waals surface area contributed by atoms with Crippen molar-refractivity contribution in [2.75, 3.05) is 18.0 Å². The van der Waals surface area contributed by atoms with E-state index < -0.39 is 0 Å². The molecule has 0 aromatic heterocycles. The molecule has 1 unspecified atom stereocenters. The van der Waals surface area contributed by atoms with Crippen molar-refractivity contribution in [2.45, 2.75) is 13.3 Å². The number of hydrogen-bond donors (Lipinski definition) is 2. The molecule has 1 saturated heterocycles. The van der Waals surface area contributed by atoms with Gasteiger partial charge < -0.3 is 15.8 Å². The Balaban J connectivity index is 2.25. The van der Waals surface area contributed by atoms with E-state index in [0.717, 1.165) is 23.5 Å². The Hall–Kier alpha value is -1.23. The molecule has 3 N–H and O–H groups in total. The number of nitrogens with two attached hydrogens (primary N) is 1. The van der Waals surface area contributed by atoms with Crippen LogP contribution in [0.3, 0.4) is 0 Å². The van der Waals surface area contributed by atoms with Crippen LogP contribution >= 0.6 is 15.9 Å². The van der Waals surface area contributed by atoms with E-state index in [4.69, 9.17) is 10.9 Å². The second kappa shape index (κ2) is 4.96. The first-order valence-electron chi connectivity index (χ1n) is 5.64. The van der Waals surface area contributed by atoms with Crippen LogP contribution in [0.25, 0.3) is 0 Å². The molecule has 0 radical (unpaired) electrons. The highest BCUT2D eigenvalue weighted by Gasteiger charge is 2.19. The summed E-state index contributed by atoms with van der Waals surface area (Å²) in [5.41, 5.74) is 7.47. The van der Waals surface area contributed by atoms with Crippen LogP contribution in [0.5, 0.6) is 0 Å². The van der Waals surface area contributed by atoms with Gasteiger partial charge in [0.2, 0.25) is 0 Å². The number of rotatable bonds is 2. The van der Waals surface area contributed by atoms with Crippen LogP contribution in [0.2, 0.25) is 0 Å². The van der Waals surface area contributed by atoms with E-state index in [0.29, 0.717) is 5.56 Å². The van der Waals surface area contributed by atoms with Gasteiger partial charge in [-0.2, -0.15) is 0 Å². The number of oxime groups is 1. The summed E-state index contributed by atoms with van der Waals surface area (Å²) < 4.78 is 0.852. The number of anilines is 1. The van der Waals surface area contributed by atoms with E-state index in [-0.39, 0.29) is 5.84 Å². The van der Waals surface area contributed by atoms with Gasteiger partial charge in [0.1, 0.15) is 0 Å². The van der Waals surface area contributed by atoms with E-state index >= 15 is 0 Å². The zero-order chi connectivity index (χ0) is 12.4. The number of halogens is 1. The SMILES string of the molecule is CC1CCN(c2ccc(/C(N)=N/O)c(Br)c2)C1. The van der Waals surface area contributed by atoms with Crippen LogP contribution in [0.1, 0.15) is 18.9 Å². The van der Waals surface area contributed by atoms with Crippen LogP contribution < -0.4 is 10.6 Å². The number of hydrogen-bond acceptors (Lipinski definition) is 3. The number of nitrogens with zero attached hydrogens (tertiary/aromatic N) is 2. The molecule has 92 valence electrons. The average molecular weight is 298 g/mol. The Bertz CT molecular complexity index is 447. The molecular weight excluding hydrogens is 282 g/mol. The smallest absolute Gasteiger partial charge is 0.171 e. The predicted octanol–water partition coefficient (Wildman–Crippen LogP) is 2.39. The predicted molar refractivity (Wildman–Crippen MR) is 72.6 cm³/mol. The van der Waals surface area contributed by atoms with E-state index in [1.165, 1.54) is 12.1 Å². The minimum absolute atomic E-state index is 0.123. The zero-order valence-electron chi connectivity index (χ0n) is 9.73. The molecule has 1 aliphatic rings. The highest BCUT2D eigenvalue weighted by molar-refractivity contribution is 9.10. The van der Waals surface area contributed by atoms with Gasteiger partial charge in [0, 0.05) is 28.8 Å². The molecule has 1 heterocycles. The molecular formula is C12H16BrN3O. The summed E-state index contributed by atoms with van der Waals surface area (Å²) in [6, 6.07) is 5.90. The van der Waals surface area contributed by atoms with Crippen molar-refractivity contribution in [3.05, 3.63) is 28.2 Å². The second-order valence-electron chi connectivity index (χ2n) is 4.49. The lowest BCUT2D eigenvalue weighted by Gasteiger charge is -2.19. The van der Waals surface area contributed by atoms with Gasteiger partial charge >= 0.3 is 0 Å². The molecule has 0 saturated carbocycles. The maximum absolute atomic E-state index is 8.66. The topological polar surface area (TPSA) is 61.8 Å². The van der Waals surface area contributed by atoms with Gasteiger partial charge in [0.25, 0.3) is 0 Å². The van der Waals surface area contributed by atoms with Crippen molar-refractivity contribution >= 4 is 27.5 Å². The van der Waals surface area contributed by atoms with Gasteiger partial charge in [-0.05, 0) is 46.5 Å². The number of amidine groups is 1. The van der Waals surface area contributed by atoms with E-state index in [1.54, 1.807) is 0 Å². The third-order valence-electron chi connectivity index (χ3n) is 3.13. The summed E-state index contributed by atoms with van der Waals surface area (Å²) >= 11 is 3.45. The first-order valence-corrected chi connectivity index (χ1v) is 6.43. The lowest BCUT2D eigenvalue weighted by atomic mass is 10.1. The first-order chi connectivity index (χ1) is 8.11. The summed E-state index contributed by atoms with van der Waals surface area (Å²) in [6.07, 6.45) is 1.24. The fraction of sp³-hybridized carbons (Fsp3) is 0.417. The van der Waals surface area contributed by atoms with Gasteiger partial charge in [-0.3, -0.25) is 0 Å². The van der Waals surface area contributed by atoms with Gasteiger partial charge in [-0.15, -0.1) is 0 Å². The Kier molecular flexibility index (Phi) is 3.57. The first kappa shape index (κ1) is 12.2. The molecule has 0 spiro atoms. The lowest BCUT2D eigenvalue weighted by molar-refractivity contribution is 0.318. The fourth-order valence-corrected chi connectivity index (χ4v) is 2.70. The van der Waals surface area contributed by atoms with Crippen molar-refractivity contribution in [3.8, 4) is 0 Å². The number of benzene rings is 1. The van der Waals surface area contributed by atoms with Gasteiger partial charge in [0.15, 0.2) is 5.84 Å². The van der Waals surface area contributed by atoms with Crippen LogP contribution in [-0.4, -0.2) is 24.1 Å². The fourth-order valence-electron chi connectivity index (χ4n) is 2.13. The van der Waals surface area contributed by atoms with E-state index in [9.17, 15) is 0 Å². The Labute approximate surface area is 109 Å². The molecule has 1 aromatic carbocycles. The maximum Gasteiger partial charge on any atom is 0.171 e. The third kappa shape index (κ3) is 2.54. The van der Waals surface area contributed by atoms with Crippen LogP contribution in [0.4, 0.5) is 5.69 Å². The van der Waals surface area contributed by atoms with Gasteiger partial charge in [-0.1, -0.05) is 12.1 Å². The molecule has 1 fully saturated rings. The highest BCUT2D eigenvalue weighted by Crippen LogP contribution is 2.28. The van der Waals surface area contributed by atoms with Crippen molar-refractivity contribution in [2.24, 2.45) is 16.8 Å². The standard InChI is InChI=1S/C12H16BrN3O/c1-8-4-5-16(7-8)9-2-3-10(11(13)6-9)12(14)15-17/h2-3,6,8,17H,4-5,7H2,1H3,(H2,14,15). The Morgan fingerprint density at radius 2 is 2.35 bits per heavy atom. The van der Waals surface area contributed by atoms with Gasteiger partial charge in [0.05, 0.1) is 0 Å². The minimum atomic E-state index is 0.123. The monoisotopic (exact) mass is 297 g/mol. The highest BCUT2D eigenvalue weighted by atomic mass is 79.9. The van der Waals surface area contributed by atoms with Crippen LogP contribution in [-0.2, 0) is 0 Å². The van der Waals surface area contributed by atoms with Crippen LogP contribution in [0.15, 0.2) is 27.8 Å². The molecule has 2 rings (SSSR count). The quantitative estimate of drug-likeness (QED) is 0.381. The molecule has 0 amide bonds. The Morgan fingerprint density at radius 1 is 1.59 bits per heavy atom. The molecule has 1 atom stereocenters.